The second-order valence-corrected chi connectivity index (χ2v) is 1.61. The van der Waals surface area contributed by atoms with E-state index >= 15 is 0 Å². The summed E-state index contributed by atoms with van der Waals surface area (Å²) < 4.78 is 23.9. The predicted octanol–water partition coefficient (Wildman–Crippen LogP) is 2.65. The number of Topliss-reactive ketones (excluding diaryl/α,β-unsaturated/α-hetero) is 1. The first kappa shape index (κ1) is 12.2. The van der Waals surface area contributed by atoms with Crippen LogP contribution in [0.4, 0.5) is 8.78 Å². The highest BCUT2D eigenvalue weighted by Crippen LogP contribution is 2.17. The Kier molecular flexibility index (Phi) is 6.51. The lowest BCUT2D eigenvalue weighted by molar-refractivity contribution is -0.140. The van der Waals surface area contributed by atoms with Crippen LogP contribution in [0.2, 0.25) is 0 Å². The van der Waals surface area contributed by atoms with Crippen molar-refractivity contribution in [1.29, 1.82) is 0 Å². The lowest BCUT2D eigenvalue weighted by Crippen LogP contribution is -2.24. The summed E-state index contributed by atoms with van der Waals surface area (Å²) in [6, 6.07) is 0. The minimum absolute atomic E-state index is 0.400. The van der Waals surface area contributed by atoms with Gasteiger partial charge in [0.2, 0.25) is 0 Å². The van der Waals surface area contributed by atoms with E-state index in [0.717, 1.165) is 6.92 Å². The molecular formula is C7H14F2O. The van der Waals surface area contributed by atoms with Gasteiger partial charge in [-0.25, -0.2) is 0 Å². The number of hydrogen-bond donors (Lipinski definition) is 0. The van der Waals surface area contributed by atoms with Crippen molar-refractivity contribution in [3.8, 4) is 0 Å². The van der Waals surface area contributed by atoms with Crippen molar-refractivity contribution in [2.75, 3.05) is 0 Å². The summed E-state index contributed by atoms with van der Waals surface area (Å²) in [4.78, 5) is 9.95. The van der Waals surface area contributed by atoms with Crippen molar-refractivity contribution in [1.82, 2.24) is 0 Å². The molecule has 0 spiro atoms. The first-order chi connectivity index (χ1) is 4.50. The average Bonchev–Trinajstić information content (AvgIpc) is 1.92. The van der Waals surface area contributed by atoms with E-state index in [1.807, 2.05) is 13.8 Å². The summed E-state index contributed by atoms with van der Waals surface area (Å²) >= 11 is 0. The van der Waals surface area contributed by atoms with Gasteiger partial charge in [-0.1, -0.05) is 20.8 Å². The van der Waals surface area contributed by atoms with E-state index in [2.05, 4.69) is 0 Å². The van der Waals surface area contributed by atoms with E-state index in [1.165, 1.54) is 6.92 Å². The maximum Gasteiger partial charge on any atom is 0.304 e. The Labute approximate surface area is 60.4 Å². The molecule has 62 valence electrons. The fraction of sp³-hybridized carbons (Fsp3) is 0.857. The first-order valence-electron chi connectivity index (χ1n) is 3.39. The van der Waals surface area contributed by atoms with Crippen molar-refractivity contribution < 1.29 is 13.6 Å². The minimum atomic E-state index is -3.10. The molecule has 0 saturated carbocycles. The van der Waals surface area contributed by atoms with E-state index in [9.17, 15) is 13.6 Å². The third-order valence-corrected chi connectivity index (χ3v) is 0.959. The zero-order valence-corrected chi connectivity index (χ0v) is 6.87. The van der Waals surface area contributed by atoms with Crippen molar-refractivity contribution in [3.05, 3.63) is 0 Å². The summed E-state index contributed by atoms with van der Waals surface area (Å²) in [5.74, 6) is -4.15. The Bertz CT molecular complexity index is 99.8. The molecule has 0 saturated heterocycles. The fourth-order valence-corrected chi connectivity index (χ4v) is 0.249. The highest BCUT2D eigenvalue weighted by Gasteiger charge is 2.31. The maximum absolute atomic E-state index is 11.9. The smallest absolute Gasteiger partial charge is 0.293 e. The fourth-order valence-electron chi connectivity index (χ4n) is 0.249. The van der Waals surface area contributed by atoms with Gasteiger partial charge in [0, 0.05) is 13.3 Å². The highest BCUT2D eigenvalue weighted by molar-refractivity contribution is 5.82. The Balaban J connectivity index is 0. The number of ketones is 1. The van der Waals surface area contributed by atoms with Crippen LogP contribution in [0.25, 0.3) is 0 Å². The van der Waals surface area contributed by atoms with Crippen LogP contribution in [0.3, 0.4) is 0 Å². The van der Waals surface area contributed by atoms with Gasteiger partial charge in [0.15, 0.2) is 5.78 Å². The SMILES string of the molecule is CC.CCC(F)(F)C(C)=O. The van der Waals surface area contributed by atoms with Gasteiger partial charge >= 0.3 is 5.92 Å². The quantitative estimate of drug-likeness (QED) is 0.594. The summed E-state index contributed by atoms with van der Waals surface area (Å²) in [6.45, 7) is 6.17. The molecule has 0 amide bonds. The largest absolute Gasteiger partial charge is 0.304 e. The van der Waals surface area contributed by atoms with Crippen LogP contribution in [0.1, 0.15) is 34.1 Å². The van der Waals surface area contributed by atoms with Crippen LogP contribution in [-0.2, 0) is 4.79 Å². The van der Waals surface area contributed by atoms with Crippen molar-refractivity contribution in [2.45, 2.75) is 40.0 Å². The zero-order valence-electron chi connectivity index (χ0n) is 6.87. The summed E-state index contributed by atoms with van der Waals surface area (Å²) in [7, 11) is 0. The Hall–Kier alpha value is -0.470. The van der Waals surface area contributed by atoms with Crippen molar-refractivity contribution >= 4 is 5.78 Å². The maximum atomic E-state index is 11.9. The Morgan fingerprint density at radius 1 is 1.40 bits per heavy atom. The molecule has 0 aromatic rings. The van der Waals surface area contributed by atoms with Crippen LogP contribution >= 0.6 is 0 Å². The van der Waals surface area contributed by atoms with Gasteiger partial charge in [-0.05, 0) is 0 Å². The van der Waals surface area contributed by atoms with Crippen LogP contribution in [0.15, 0.2) is 0 Å². The molecule has 0 rings (SSSR count). The van der Waals surface area contributed by atoms with Gasteiger partial charge in [-0.3, -0.25) is 4.79 Å². The Morgan fingerprint density at radius 2 is 1.70 bits per heavy atom. The van der Waals surface area contributed by atoms with Crippen LogP contribution in [0.5, 0.6) is 0 Å². The lowest BCUT2D eigenvalue weighted by atomic mass is 10.2. The molecule has 0 heterocycles. The predicted molar refractivity (Wildman–Crippen MR) is 37.3 cm³/mol. The van der Waals surface area contributed by atoms with E-state index in [-0.39, 0.29) is 0 Å². The summed E-state index contributed by atoms with van der Waals surface area (Å²) in [5.41, 5.74) is 0. The summed E-state index contributed by atoms with van der Waals surface area (Å²) in [6.07, 6.45) is -0.400. The Morgan fingerprint density at radius 3 is 1.70 bits per heavy atom. The van der Waals surface area contributed by atoms with Gasteiger partial charge in [-0.15, -0.1) is 0 Å². The third-order valence-electron chi connectivity index (χ3n) is 0.959. The van der Waals surface area contributed by atoms with Crippen molar-refractivity contribution in [3.63, 3.8) is 0 Å². The van der Waals surface area contributed by atoms with E-state index in [1.54, 1.807) is 0 Å². The molecule has 10 heavy (non-hydrogen) atoms. The van der Waals surface area contributed by atoms with E-state index < -0.39 is 18.1 Å². The van der Waals surface area contributed by atoms with Gasteiger partial charge in [0.25, 0.3) is 0 Å². The normalized spacial score (nSPS) is 9.80. The standard InChI is InChI=1S/C5H8F2O.C2H6/c1-3-5(6,7)4(2)8;1-2/h3H2,1-2H3;1-2H3. The first-order valence-corrected chi connectivity index (χ1v) is 3.39. The zero-order chi connectivity index (χ0) is 8.78. The summed E-state index contributed by atoms with van der Waals surface area (Å²) in [5, 5.41) is 0. The minimum Gasteiger partial charge on any atom is -0.293 e. The number of hydrogen-bond acceptors (Lipinski definition) is 1. The second-order valence-electron chi connectivity index (χ2n) is 1.61. The lowest BCUT2D eigenvalue weighted by Gasteiger charge is -2.06. The highest BCUT2D eigenvalue weighted by atomic mass is 19.3. The third kappa shape index (κ3) is 4.41. The molecule has 0 aromatic heterocycles. The molecule has 0 bridgehead atoms. The second kappa shape index (κ2) is 5.33. The molecule has 0 N–H and O–H groups in total. The van der Waals surface area contributed by atoms with Crippen LogP contribution in [-0.4, -0.2) is 11.7 Å². The molecular weight excluding hydrogens is 138 g/mol. The molecule has 0 fully saturated rings. The number of carbonyl (C=O) groups is 1. The van der Waals surface area contributed by atoms with Crippen LogP contribution < -0.4 is 0 Å². The molecule has 0 radical (unpaired) electrons. The van der Waals surface area contributed by atoms with Crippen LogP contribution in [0, 0.1) is 0 Å². The molecule has 0 unspecified atom stereocenters. The molecule has 0 aromatic carbocycles. The average molecular weight is 152 g/mol. The molecule has 0 aliphatic carbocycles. The number of carbonyl (C=O) groups excluding carboxylic acids is 1. The number of rotatable bonds is 2. The molecule has 0 aliphatic rings. The molecule has 3 heteroatoms. The van der Waals surface area contributed by atoms with Gasteiger partial charge < -0.3 is 0 Å². The van der Waals surface area contributed by atoms with Gasteiger partial charge in [-0.2, -0.15) is 8.78 Å². The number of alkyl halides is 2. The van der Waals surface area contributed by atoms with E-state index in [0.29, 0.717) is 0 Å². The molecule has 1 nitrogen and oxygen atoms in total. The topological polar surface area (TPSA) is 17.1 Å². The van der Waals surface area contributed by atoms with Gasteiger partial charge in [0.05, 0.1) is 0 Å². The van der Waals surface area contributed by atoms with Gasteiger partial charge in [0.1, 0.15) is 0 Å². The number of halogens is 2. The van der Waals surface area contributed by atoms with E-state index in [4.69, 9.17) is 0 Å². The molecule has 0 atom stereocenters. The van der Waals surface area contributed by atoms with Crippen molar-refractivity contribution in [2.24, 2.45) is 0 Å². The molecule has 0 aliphatic heterocycles. The monoisotopic (exact) mass is 152 g/mol.